The van der Waals surface area contributed by atoms with Crippen molar-refractivity contribution < 1.29 is 9.66 Å². The summed E-state index contributed by atoms with van der Waals surface area (Å²) in [5, 5.41) is 18.6. The van der Waals surface area contributed by atoms with E-state index in [2.05, 4.69) is 10.4 Å². The van der Waals surface area contributed by atoms with Crippen LogP contribution in [0, 0.1) is 16.0 Å². The van der Waals surface area contributed by atoms with Gasteiger partial charge in [0, 0.05) is 14.2 Å². The van der Waals surface area contributed by atoms with Crippen LogP contribution in [0.25, 0.3) is 0 Å². The van der Waals surface area contributed by atoms with Gasteiger partial charge in [0.2, 0.25) is 5.82 Å². The molecule has 1 N–H and O–H groups in total. The normalized spacial score (nSPS) is 12.7. The second kappa shape index (κ2) is 6.51. The van der Waals surface area contributed by atoms with E-state index < -0.39 is 0 Å². The van der Waals surface area contributed by atoms with E-state index in [9.17, 15) is 10.1 Å². The van der Waals surface area contributed by atoms with Crippen molar-refractivity contribution in [1.29, 1.82) is 0 Å². The van der Waals surface area contributed by atoms with E-state index in [-0.39, 0.29) is 16.7 Å². The molecule has 7 nitrogen and oxygen atoms in total. The van der Waals surface area contributed by atoms with Crippen molar-refractivity contribution in [3.8, 4) is 0 Å². The van der Waals surface area contributed by atoms with Gasteiger partial charge in [0.15, 0.2) is 0 Å². The molecule has 0 radical (unpaired) electrons. The van der Waals surface area contributed by atoms with Crippen molar-refractivity contribution in [3.63, 3.8) is 0 Å². The molecule has 1 aromatic heterocycles. The lowest BCUT2D eigenvalue weighted by atomic mass is 10.1. The molecule has 7 heteroatoms. The highest BCUT2D eigenvalue weighted by atomic mass is 16.6. The van der Waals surface area contributed by atoms with E-state index >= 15 is 0 Å². The molecule has 0 aliphatic rings. The van der Waals surface area contributed by atoms with E-state index in [1.54, 1.807) is 14.2 Å². The van der Waals surface area contributed by atoms with E-state index in [1.807, 2.05) is 20.8 Å². The lowest BCUT2D eigenvalue weighted by Gasteiger charge is -2.22. The quantitative estimate of drug-likeness (QED) is 0.605. The van der Waals surface area contributed by atoms with E-state index in [0.29, 0.717) is 30.5 Å². The minimum atomic E-state index is -0.377. The maximum Gasteiger partial charge on any atom is 0.333 e. The Hall–Kier alpha value is -1.63. The van der Waals surface area contributed by atoms with Gasteiger partial charge in [-0.05, 0) is 12.3 Å². The average molecular weight is 270 g/mol. The molecule has 1 rings (SSSR count). The molecular formula is C12H22N4O3. The fourth-order valence-corrected chi connectivity index (χ4v) is 1.92. The summed E-state index contributed by atoms with van der Waals surface area (Å²) in [6.45, 7) is 6.43. The molecule has 0 spiro atoms. The van der Waals surface area contributed by atoms with Crippen molar-refractivity contribution in [3.05, 3.63) is 15.8 Å². The van der Waals surface area contributed by atoms with Gasteiger partial charge in [0.05, 0.1) is 17.6 Å². The van der Waals surface area contributed by atoms with Crippen LogP contribution in [0.4, 0.5) is 11.5 Å². The first-order valence-electron chi connectivity index (χ1n) is 6.38. The van der Waals surface area contributed by atoms with Crippen molar-refractivity contribution in [1.82, 2.24) is 9.78 Å². The molecule has 0 bridgehead atoms. The summed E-state index contributed by atoms with van der Waals surface area (Å²) in [5.74, 6) is 0.733. The monoisotopic (exact) mass is 270 g/mol. The second-order valence-corrected chi connectivity index (χ2v) is 4.83. The zero-order valence-corrected chi connectivity index (χ0v) is 12.1. The summed E-state index contributed by atoms with van der Waals surface area (Å²) in [4.78, 5) is 10.8. The Morgan fingerprint density at radius 2 is 2.16 bits per heavy atom. The number of ether oxygens (including phenoxy) is 1. The third kappa shape index (κ3) is 3.44. The maximum atomic E-state index is 11.2. The third-order valence-corrected chi connectivity index (χ3v) is 3.08. The molecule has 108 valence electrons. The van der Waals surface area contributed by atoms with Crippen LogP contribution in [0.1, 0.15) is 26.5 Å². The minimum Gasteiger partial charge on any atom is -0.383 e. The summed E-state index contributed by atoms with van der Waals surface area (Å²) in [7, 11) is 3.32. The Kier molecular flexibility index (Phi) is 5.29. The third-order valence-electron chi connectivity index (χ3n) is 3.08. The molecule has 0 aliphatic heterocycles. The molecule has 0 fully saturated rings. The van der Waals surface area contributed by atoms with E-state index in [4.69, 9.17) is 4.74 Å². The van der Waals surface area contributed by atoms with Crippen LogP contribution in [0.2, 0.25) is 0 Å². The van der Waals surface area contributed by atoms with Gasteiger partial charge < -0.3 is 10.1 Å². The largest absolute Gasteiger partial charge is 0.383 e. The molecule has 1 aromatic rings. The lowest BCUT2D eigenvalue weighted by Crippen LogP contribution is -2.31. The van der Waals surface area contributed by atoms with E-state index in [0.717, 1.165) is 0 Å². The lowest BCUT2D eigenvalue weighted by molar-refractivity contribution is -0.384. The Bertz CT molecular complexity index is 442. The smallest absolute Gasteiger partial charge is 0.333 e. The van der Waals surface area contributed by atoms with Crippen LogP contribution in [0.15, 0.2) is 0 Å². The number of nitrogens with one attached hydrogen (secondary N) is 1. The van der Waals surface area contributed by atoms with Crippen LogP contribution in [-0.2, 0) is 18.2 Å². The number of rotatable bonds is 7. The van der Waals surface area contributed by atoms with Gasteiger partial charge in [-0.2, -0.15) is 5.10 Å². The van der Waals surface area contributed by atoms with Gasteiger partial charge >= 0.3 is 5.69 Å². The topological polar surface area (TPSA) is 82.2 Å². The predicted octanol–water partition coefficient (Wildman–Crippen LogP) is 1.97. The summed E-state index contributed by atoms with van der Waals surface area (Å²) in [5.41, 5.74) is 0.557. The summed E-state index contributed by atoms with van der Waals surface area (Å²) in [6.07, 6.45) is 0.530. The Morgan fingerprint density at radius 3 is 2.58 bits per heavy atom. The van der Waals surface area contributed by atoms with Crippen LogP contribution < -0.4 is 5.32 Å². The Morgan fingerprint density at radius 1 is 1.53 bits per heavy atom. The summed E-state index contributed by atoms with van der Waals surface area (Å²) in [6, 6.07) is 0.00352. The summed E-state index contributed by atoms with van der Waals surface area (Å²) >= 11 is 0. The fraction of sp³-hybridized carbons (Fsp3) is 0.750. The predicted molar refractivity (Wildman–Crippen MR) is 73.4 cm³/mol. The number of hydrogen-bond donors (Lipinski definition) is 1. The number of nitro groups is 1. The minimum absolute atomic E-state index is 0.00352. The van der Waals surface area contributed by atoms with Crippen LogP contribution in [0.3, 0.4) is 0 Å². The number of aromatic nitrogens is 2. The molecule has 0 aliphatic carbocycles. The SMILES string of the molecule is CCc1nn(C)c(NC(COC)C(C)C)c1[N+](=O)[O-]. The number of anilines is 1. The first-order chi connectivity index (χ1) is 8.92. The maximum absolute atomic E-state index is 11.2. The molecule has 1 unspecified atom stereocenters. The van der Waals surface area contributed by atoms with Crippen molar-refractivity contribution >= 4 is 11.5 Å². The first kappa shape index (κ1) is 15.4. The van der Waals surface area contributed by atoms with Crippen molar-refractivity contribution in [2.45, 2.75) is 33.2 Å². The highest BCUT2D eigenvalue weighted by molar-refractivity contribution is 5.60. The van der Waals surface area contributed by atoms with Gasteiger partial charge in [-0.3, -0.25) is 10.1 Å². The standard InChI is InChI=1S/C12H22N4O3/c1-6-9-11(16(17)18)12(15(4)14-9)13-10(7-19-5)8(2)3/h8,10,13H,6-7H2,1-5H3. The number of hydrogen-bond acceptors (Lipinski definition) is 5. The molecule has 1 atom stereocenters. The number of methoxy groups -OCH3 is 1. The van der Waals surface area contributed by atoms with E-state index in [1.165, 1.54) is 4.68 Å². The molecule has 0 saturated carbocycles. The van der Waals surface area contributed by atoms with Gasteiger partial charge in [-0.15, -0.1) is 0 Å². The molecule has 0 aromatic carbocycles. The van der Waals surface area contributed by atoms with Crippen LogP contribution >= 0.6 is 0 Å². The highest BCUT2D eigenvalue weighted by Crippen LogP contribution is 2.29. The number of nitrogens with zero attached hydrogens (tertiary/aromatic N) is 3. The highest BCUT2D eigenvalue weighted by Gasteiger charge is 2.28. The molecule has 0 amide bonds. The van der Waals surface area contributed by atoms with Crippen molar-refractivity contribution in [2.24, 2.45) is 13.0 Å². The molecule has 19 heavy (non-hydrogen) atoms. The molecule has 0 saturated heterocycles. The fourth-order valence-electron chi connectivity index (χ4n) is 1.92. The Labute approximate surface area is 113 Å². The van der Waals surface area contributed by atoms with Gasteiger partial charge in [0.25, 0.3) is 0 Å². The summed E-state index contributed by atoms with van der Waals surface area (Å²) < 4.78 is 6.68. The van der Waals surface area contributed by atoms with Crippen LogP contribution in [-0.4, -0.2) is 34.5 Å². The Balaban J connectivity index is 3.11. The molecule has 1 heterocycles. The van der Waals surface area contributed by atoms with Crippen LogP contribution in [0.5, 0.6) is 0 Å². The average Bonchev–Trinajstić information content (AvgIpc) is 2.65. The van der Waals surface area contributed by atoms with Crippen molar-refractivity contribution in [2.75, 3.05) is 19.0 Å². The first-order valence-corrected chi connectivity index (χ1v) is 6.38. The van der Waals surface area contributed by atoms with Gasteiger partial charge in [-0.1, -0.05) is 20.8 Å². The zero-order chi connectivity index (χ0) is 14.6. The van der Waals surface area contributed by atoms with Gasteiger partial charge in [0.1, 0.15) is 5.69 Å². The second-order valence-electron chi connectivity index (χ2n) is 4.83. The molecular weight excluding hydrogens is 248 g/mol. The van der Waals surface area contributed by atoms with Gasteiger partial charge in [-0.25, -0.2) is 4.68 Å². The number of aryl methyl sites for hydroxylation is 2. The zero-order valence-electron chi connectivity index (χ0n) is 12.1.